The Kier molecular flexibility index (Phi) is 2.02. The summed E-state index contributed by atoms with van der Waals surface area (Å²) in [7, 11) is -1.84. The number of amides is 1. The molecule has 0 bridgehead atoms. The highest BCUT2D eigenvalue weighted by Gasteiger charge is 2.30. The molecule has 0 aliphatic carbocycles. The van der Waals surface area contributed by atoms with Crippen LogP contribution < -0.4 is 9.82 Å². The van der Waals surface area contributed by atoms with Crippen LogP contribution in [0.3, 0.4) is 0 Å². The summed E-state index contributed by atoms with van der Waals surface area (Å²) in [6.45, 7) is 0. The van der Waals surface area contributed by atoms with Crippen LogP contribution in [0.4, 0.5) is 0 Å². The summed E-state index contributed by atoms with van der Waals surface area (Å²) >= 11 is 0. The lowest BCUT2D eigenvalue weighted by Crippen LogP contribution is -2.32. The Morgan fingerprint density at radius 1 is 1.38 bits per heavy atom. The van der Waals surface area contributed by atoms with Gasteiger partial charge in [0.05, 0.1) is 0 Å². The van der Waals surface area contributed by atoms with Crippen molar-refractivity contribution in [3.63, 3.8) is 0 Å². The first kappa shape index (κ1) is 9.51. The number of para-hydroxylation sites is 1. The third-order valence-electron chi connectivity index (χ3n) is 2.29. The van der Waals surface area contributed by atoms with E-state index < -0.39 is 8.45 Å². The first-order valence-electron chi connectivity index (χ1n) is 4.61. The van der Waals surface area contributed by atoms with Gasteiger partial charge >= 0.3 is 0 Å². The van der Waals surface area contributed by atoms with Crippen molar-refractivity contribution in [1.29, 1.82) is 0 Å². The Labute approximate surface area is 92.4 Å². The van der Waals surface area contributed by atoms with Gasteiger partial charge in [0.25, 0.3) is 14.4 Å². The SMILES string of the molecule is O=C1NP(O)N=C2Oc3ccccc3C=C12. The first-order valence-corrected chi connectivity index (χ1v) is 5.86. The minimum Gasteiger partial charge on any atom is -0.437 e. The van der Waals surface area contributed by atoms with Crippen LogP contribution in [0.15, 0.2) is 34.6 Å². The van der Waals surface area contributed by atoms with Gasteiger partial charge in [-0.15, -0.1) is 0 Å². The van der Waals surface area contributed by atoms with Gasteiger partial charge < -0.3 is 9.63 Å². The number of carbonyl (C=O) groups is 1. The molecule has 0 aromatic heterocycles. The average Bonchev–Trinajstić information content (AvgIpc) is 2.27. The van der Waals surface area contributed by atoms with Crippen molar-refractivity contribution in [3.05, 3.63) is 35.4 Å². The summed E-state index contributed by atoms with van der Waals surface area (Å²) in [6, 6.07) is 7.34. The monoisotopic (exact) mass is 234 g/mol. The molecule has 0 saturated heterocycles. The molecule has 1 aromatic carbocycles. The summed E-state index contributed by atoms with van der Waals surface area (Å²) < 4.78 is 9.32. The molecule has 1 amide bonds. The number of rotatable bonds is 0. The van der Waals surface area contributed by atoms with Gasteiger partial charge in [-0.2, -0.15) is 4.76 Å². The highest BCUT2D eigenvalue weighted by atomic mass is 31.2. The Morgan fingerprint density at radius 3 is 3.06 bits per heavy atom. The van der Waals surface area contributed by atoms with Gasteiger partial charge in [0.15, 0.2) is 0 Å². The number of ether oxygens (including phenoxy) is 1. The van der Waals surface area contributed by atoms with Crippen LogP contribution in [0.25, 0.3) is 6.08 Å². The molecule has 6 heteroatoms. The van der Waals surface area contributed by atoms with Crippen molar-refractivity contribution in [1.82, 2.24) is 5.09 Å². The van der Waals surface area contributed by atoms with Crippen molar-refractivity contribution in [2.45, 2.75) is 0 Å². The van der Waals surface area contributed by atoms with Gasteiger partial charge in [-0.1, -0.05) is 18.2 Å². The van der Waals surface area contributed by atoms with Crippen molar-refractivity contribution < 1.29 is 14.4 Å². The molecule has 2 heterocycles. The second-order valence-electron chi connectivity index (χ2n) is 3.33. The highest BCUT2D eigenvalue weighted by Crippen LogP contribution is 2.36. The second-order valence-corrected chi connectivity index (χ2v) is 4.34. The Morgan fingerprint density at radius 2 is 2.19 bits per heavy atom. The topological polar surface area (TPSA) is 70.9 Å². The zero-order valence-electron chi connectivity index (χ0n) is 8.04. The van der Waals surface area contributed by atoms with Crippen molar-refractivity contribution in [2.24, 2.45) is 4.76 Å². The van der Waals surface area contributed by atoms with E-state index in [0.29, 0.717) is 11.3 Å². The van der Waals surface area contributed by atoms with Crippen LogP contribution >= 0.6 is 8.45 Å². The van der Waals surface area contributed by atoms with Crippen molar-refractivity contribution >= 4 is 26.3 Å². The predicted octanol–water partition coefficient (Wildman–Crippen LogP) is 1.21. The summed E-state index contributed by atoms with van der Waals surface area (Å²) in [6.07, 6.45) is 1.70. The van der Waals surface area contributed by atoms with Gasteiger partial charge in [-0.05, 0) is 12.1 Å². The highest BCUT2D eigenvalue weighted by molar-refractivity contribution is 7.49. The van der Waals surface area contributed by atoms with Crippen LogP contribution in [0, 0.1) is 0 Å². The molecule has 16 heavy (non-hydrogen) atoms. The molecule has 1 unspecified atom stereocenters. The quantitative estimate of drug-likeness (QED) is 0.663. The fourth-order valence-electron chi connectivity index (χ4n) is 1.57. The van der Waals surface area contributed by atoms with E-state index in [1.165, 1.54) is 0 Å². The molecule has 1 atom stereocenters. The minimum atomic E-state index is -1.84. The Bertz CT molecular complexity index is 539. The van der Waals surface area contributed by atoms with Gasteiger partial charge in [0.1, 0.15) is 11.3 Å². The molecular weight excluding hydrogens is 227 g/mol. The maximum Gasteiger partial charge on any atom is 0.268 e. The summed E-state index contributed by atoms with van der Waals surface area (Å²) in [5, 5.41) is 2.35. The van der Waals surface area contributed by atoms with E-state index in [1.807, 2.05) is 18.2 Å². The number of fused-ring (bicyclic) bond motifs is 2. The van der Waals surface area contributed by atoms with Gasteiger partial charge in [-0.25, -0.2) is 0 Å². The Hall–Kier alpha value is -1.71. The van der Waals surface area contributed by atoms with Crippen molar-refractivity contribution in [3.8, 4) is 5.75 Å². The molecule has 0 radical (unpaired) electrons. The average molecular weight is 234 g/mol. The third kappa shape index (κ3) is 1.41. The van der Waals surface area contributed by atoms with Crippen LogP contribution in [-0.2, 0) is 4.79 Å². The molecule has 2 N–H and O–H groups in total. The zero-order valence-corrected chi connectivity index (χ0v) is 8.94. The van der Waals surface area contributed by atoms with Crippen LogP contribution in [0.1, 0.15) is 5.56 Å². The molecule has 2 aliphatic heterocycles. The van der Waals surface area contributed by atoms with E-state index in [4.69, 9.17) is 4.74 Å². The molecule has 2 aliphatic rings. The van der Waals surface area contributed by atoms with Crippen LogP contribution in [0.2, 0.25) is 0 Å². The largest absolute Gasteiger partial charge is 0.437 e. The number of nitrogens with zero attached hydrogens (tertiary/aromatic N) is 1. The second kappa shape index (κ2) is 3.40. The van der Waals surface area contributed by atoms with Gasteiger partial charge in [0, 0.05) is 5.56 Å². The van der Waals surface area contributed by atoms with Gasteiger partial charge in [-0.3, -0.25) is 9.88 Å². The minimum absolute atomic E-state index is 0.191. The number of hydrogen-bond acceptors (Lipinski definition) is 4. The lowest BCUT2D eigenvalue weighted by Gasteiger charge is -2.23. The molecule has 0 spiro atoms. The Balaban J connectivity index is 2.15. The molecule has 1 aromatic rings. The number of carbonyl (C=O) groups excluding carboxylic acids is 1. The van der Waals surface area contributed by atoms with E-state index in [9.17, 15) is 9.69 Å². The van der Waals surface area contributed by atoms with E-state index in [1.54, 1.807) is 12.1 Å². The lowest BCUT2D eigenvalue weighted by atomic mass is 10.1. The normalized spacial score (nSPS) is 22.1. The number of nitrogens with one attached hydrogen (secondary N) is 1. The number of hydrogen-bond donors (Lipinski definition) is 2. The predicted molar refractivity (Wildman–Crippen MR) is 59.8 cm³/mol. The fraction of sp³-hybridized carbons (Fsp3) is 0. The standard InChI is InChI=1S/C10H7N2O3P/c13-9-7-5-6-3-1-2-4-8(6)15-10(7)12-16(14)11-9/h1-5,14H,(H,11,13). The van der Waals surface area contributed by atoms with Crippen LogP contribution in [-0.4, -0.2) is 16.7 Å². The van der Waals surface area contributed by atoms with E-state index in [2.05, 4.69) is 9.85 Å². The molecule has 80 valence electrons. The van der Waals surface area contributed by atoms with Gasteiger partial charge in [0.2, 0.25) is 5.90 Å². The first-order chi connectivity index (χ1) is 7.74. The van der Waals surface area contributed by atoms with Crippen molar-refractivity contribution in [2.75, 3.05) is 0 Å². The molecule has 0 saturated carbocycles. The summed E-state index contributed by atoms with van der Waals surface area (Å²) in [4.78, 5) is 20.9. The lowest BCUT2D eigenvalue weighted by molar-refractivity contribution is -0.115. The molecule has 0 fully saturated rings. The molecular formula is C10H7N2O3P. The maximum absolute atomic E-state index is 11.6. The smallest absolute Gasteiger partial charge is 0.268 e. The van der Waals surface area contributed by atoms with E-state index >= 15 is 0 Å². The zero-order chi connectivity index (χ0) is 11.1. The van der Waals surface area contributed by atoms with Crippen LogP contribution in [0.5, 0.6) is 5.75 Å². The molecule has 5 nitrogen and oxygen atoms in total. The fourth-order valence-corrected chi connectivity index (χ4v) is 2.24. The van der Waals surface area contributed by atoms with E-state index in [-0.39, 0.29) is 11.8 Å². The maximum atomic E-state index is 11.6. The molecule has 3 rings (SSSR count). The summed E-state index contributed by atoms with van der Waals surface area (Å²) in [5.41, 5.74) is 1.18. The summed E-state index contributed by atoms with van der Waals surface area (Å²) in [5.74, 6) is 0.479. The third-order valence-corrected chi connectivity index (χ3v) is 3.06. The number of benzene rings is 1. The van der Waals surface area contributed by atoms with E-state index in [0.717, 1.165) is 5.56 Å².